The van der Waals surface area contributed by atoms with E-state index in [1.165, 1.54) is 42.4 Å². The van der Waals surface area contributed by atoms with Crippen LogP contribution in [0.3, 0.4) is 0 Å². The molecule has 0 atom stereocenters. The van der Waals surface area contributed by atoms with Crippen LogP contribution in [0.5, 0.6) is 0 Å². The van der Waals surface area contributed by atoms with Gasteiger partial charge in [0, 0.05) is 6.21 Å². The predicted molar refractivity (Wildman–Crippen MR) is 83.4 cm³/mol. The molecule has 0 aromatic carbocycles. The second-order valence-electron chi connectivity index (χ2n) is 4.97. The lowest BCUT2D eigenvalue weighted by atomic mass is 9.98. The fraction of sp³-hybridized carbons (Fsp3) is 0.588. The molecule has 1 heteroatoms. The fourth-order valence-electron chi connectivity index (χ4n) is 1.81. The SMILES string of the molecule is C=C(C)C/C=C\C(CCCC)=C(/C=N)CCCC. The third kappa shape index (κ3) is 8.05. The van der Waals surface area contributed by atoms with E-state index < -0.39 is 0 Å². The first-order valence-corrected chi connectivity index (χ1v) is 7.19. The average molecular weight is 247 g/mol. The van der Waals surface area contributed by atoms with Crippen molar-refractivity contribution in [2.24, 2.45) is 0 Å². The molecule has 1 N–H and O–H groups in total. The van der Waals surface area contributed by atoms with Crippen LogP contribution in [0, 0.1) is 5.41 Å². The maximum absolute atomic E-state index is 7.59. The zero-order valence-electron chi connectivity index (χ0n) is 12.4. The van der Waals surface area contributed by atoms with Crippen LogP contribution in [0.4, 0.5) is 0 Å². The van der Waals surface area contributed by atoms with Gasteiger partial charge in [-0.2, -0.15) is 0 Å². The van der Waals surface area contributed by atoms with Gasteiger partial charge in [0.1, 0.15) is 0 Å². The van der Waals surface area contributed by atoms with Crippen molar-refractivity contribution in [1.29, 1.82) is 5.41 Å². The molecule has 0 aliphatic carbocycles. The van der Waals surface area contributed by atoms with E-state index in [9.17, 15) is 0 Å². The van der Waals surface area contributed by atoms with Gasteiger partial charge in [-0.15, -0.1) is 0 Å². The van der Waals surface area contributed by atoms with E-state index in [0.717, 1.165) is 19.3 Å². The summed E-state index contributed by atoms with van der Waals surface area (Å²) in [7, 11) is 0. The molecule has 0 aromatic rings. The Kier molecular flexibility index (Phi) is 10.3. The van der Waals surface area contributed by atoms with Gasteiger partial charge in [0.25, 0.3) is 0 Å². The summed E-state index contributed by atoms with van der Waals surface area (Å²) in [5.41, 5.74) is 3.75. The van der Waals surface area contributed by atoms with Crippen LogP contribution in [0.1, 0.15) is 65.7 Å². The van der Waals surface area contributed by atoms with Crippen molar-refractivity contribution < 1.29 is 0 Å². The molecule has 0 spiro atoms. The normalized spacial score (nSPS) is 12.6. The molecule has 18 heavy (non-hydrogen) atoms. The molecule has 0 saturated heterocycles. The molecular formula is C17H29N. The number of unbranched alkanes of at least 4 members (excludes halogenated alkanes) is 2. The van der Waals surface area contributed by atoms with Gasteiger partial charge in [0.15, 0.2) is 0 Å². The summed E-state index contributed by atoms with van der Waals surface area (Å²) in [6.07, 6.45) is 13.8. The van der Waals surface area contributed by atoms with Crippen molar-refractivity contribution in [3.8, 4) is 0 Å². The highest BCUT2D eigenvalue weighted by atomic mass is 14.3. The molecule has 0 aliphatic heterocycles. The first kappa shape index (κ1) is 16.9. The Bertz CT molecular complexity index is 308. The molecular weight excluding hydrogens is 218 g/mol. The van der Waals surface area contributed by atoms with Crippen molar-refractivity contribution in [1.82, 2.24) is 0 Å². The largest absolute Gasteiger partial charge is 0.308 e. The van der Waals surface area contributed by atoms with Crippen molar-refractivity contribution in [2.45, 2.75) is 65.7 Å². The van der Waals surface area contributed by atoms with E-state index in [0.29, 0.717) is 0 Å². The van der Waals surface area contributed by atoms with Crippen LogP contribution in [0.25, 0.3) is 0 Å². The Hall–Kier alpha value is -1.11. The van der Waals surface area contributed by atoms with Crippen LogP contribution in [0.2, 0.25) is 0 Å². The first-order chi connectivity index (χ1) is 8.65. The summed E-state index contributed by atoms with van der Waals surface area (Å²) in [6.45, 7) is 10.4. The van der Waals surface area contributed by atoms with Gasteiger partial charge in [-0.1, -0.05) is 51.0 Å². The van der Waals surface area contributed by atoms with Gasteiger partial charge in [-0.3, -0.25) is 0 Å². The minimum Gasteiger partial charge on any atom is -0.308 e. The summed E-state index contributed by atoms with van der Waals surface area (Å²) >= 11 is 0. The Morgan fingerprint density at radius 2 is 1.61 bits per heavy atom. The minimum absolute atomic E-state index is 0.939. The molecule has 0 aromatic heterocycles. The lowest BCUT2D eigenvalue weighted by Gasteiger charge is -2.08. The lowest BCUT2D eigenvalue weighted by Crippen LogP contribution is -1.93. The number of rotatable bonds is 10. The maximum Gasteiger partial charge on any atom is 0.0212 e. The van der Waals surface area contributed by atoms with Gasteiger partial charge >= 0.3 is 0 Å². The summed E-state index contributed by atoms with van der Waals surface area (Å²) < 4.78 is 0. The lowest BCUT2D eigenvalue weighted by molar-refractivity contribution is 0.769. The summed E-state index contributed by atoms with van der Waals surface area (Å²) in [5, 5.41) is 7.59. The zero-order valence-corrected chi connectivity index (χ0v) is 12.4. The Labute approximate surface area is 113 Å². The molecule has 0 rings (SSSR count). The maximum atomic E-state index is 7.59. The van der Waals surface area contributed by atoms with Crippen LogP contribution < -0.4 is 0 Å². The van der Waals surface area contributed by atoms with E-state index in [1.54, 1.807) is 6.21 Å². The Balaban J connectivity index is 4.78. The minimum atomic E-state index is 0.939. The highest BCUT2D eigenvalue weighted by molar-refractivity contribution is 5.77. The number of allylic oxidation sites excluding steroid dienone is 5. The molecule has 102 valence electrons. The summed E-state index contributed by atoms with van der Waals surface area (Å²) in [4.78, 5) is 0. The average Bonchev–Trinajstić information content (AvgIpc) is 2.35. The topological polar surface area (TPSA) is 23.9 Å². The Morgan fingerprint density at radius 3 is 2.06 bits per heavy atom. The van der Waals surface area contributed by atoms with E-state index in [2.05, 4.69) is 32.6 Å². The van der Waals surface area contributed by atoms with E-state index in [-0.39, 0.29) is 0 Å². The molecule has 0 fully saturated rings. The highest BCUT2D eigenvalue weighted by Gasteiger charge is 2.01. The van der Waals surface area contributed by atoms with E-state index in [1.807, 2.05) is 6.92 Å². The van der Waals surface area contributed by atoms with Crippen LogP contribution >= 0.6 is 0 Å². The number of hydrogen-bond donors (Lipinski definition) is 1. The molecule has 0 radical (unpaired) electrons. The molecule has 0 aliphatic rings. The summed E-state index contributed by atoms with van der Waals surface area (Å²) in [6, 6.07) is 0. The van der Waals surface area contributed by atoms with Crippen molar-refractivity contribution in [3.63, 3.8) is 0 Å². The Morgan fingerprint density at radius 1 is 1.06 bits per heavy atom. The first-order valence-electron chi connectivity index (χ1n) is 7.19. The van der Waals surface area contributed by atoms with E-state index in [4.69, 9.17) is 5.41 Å². The second kappa shape index (κ2) is 11.0. The number of hydrogen-bond acceptors (Lipinski definition) is 1. The molecule has 0 heterocycles. The quantitative estimate of drug-likeness (QED) is 0.285. The third-order valence-electron chi connectivity index (χ3n) is 2.97. The van der Waals surface area contributed by atoms with Crippen molar-refractivity contribution >= 4 is 6.21 Å². The van der Waals surface area contributed by atoms with Crippen LogP contribution in [0.15, 0.2) is 35.5 Å². The van der Waals surface area contributed by atoms with Gasteiger partial charge in [-0.25, -0.2) is 0 Å². The van der Waals surface area contributed by atoms with Crippen LogP contribution in [-0.4, -0.2) is 6.21 Å². The monoisotopic (exact) mass is 247 g/mol. The van der Waals surface area contributed by atoms with Crippen LogP contribution in [-0.2, 0) is 0 Å². The van der Waals surface area contributed by atoms with Gasteiger partial charge < -0.3 is 5.41 Å². The summed E-state index contributed by atoms with van der Waals surface area (Å²) in [5.74, 6) is 0. The van der Waals surface area contributed by atoms with Gasteiger partial charge in [0.2, 0.25) is 0 Å². The highest BCUT2D eigenvalue weighted by Crippen LogP contribution is 2.18. The smallest absolute Gasteiger partial charge is 0.0212 e. The van der Waals surface area contributed by atoms with Crippen molar-refractivity contribution in [3.05, 3.63) is 35.5 Å². The molecule has 0 saturated carbocycles. The second-order valence-corrected chi connectivity index (χ2v) is 4.97. The number of nitrogens with one attached hydrogen (secondary N) is 1. The standard InChI is InChI=1S/C17H29N/c1-5-7-11-16(13-9-10-15(3)4)17(14-18)12-8-6-2/h9,13-14,18H,3,5-8,10-12H2,1-2,4H3/b13-9-,17-16-,18-14?. The zero-order chi connectivity index (χ0) is 13.8. The molecule has 0 unspecified atom stereocenters. The fourth-order valence-corrected chi connectivity index (χ4v) is 1.81. The molecule has 0 bridgehead atoms. The predicted octanol–water partition coefficient (Wildman–Crippen LogP) is 5.84. The molecule has 1 nitrogen and oxygen atoms in total. The van der Waals surface area contributed by atoms with Gasteiger partial charge in [0.05, 0.1) is 0 Å². The van der Waals surface area contributed by atoms with Crippen molar-refractivity contribution in [2.75, 3.05) is 0 Å². The molecule has 0 amide bonds. The third-order valence-corrected chi connectivity index (χ3v) is 2.97. The van der Waals surface area contributed by atoms with E-state index >= 15 is 0 Å². The van der Waals surface area contributed by atoms with Gasteiger partial charge in [-0.05, 0) is 50.2 Å².